The van der Waals surface area contributed by atoms with E-state index in [1.807, 2.05) is 18.2 Å². The Morgan fingerprint density at radius 1 is 1.15 bits per heavy atom. The van der Waals surface area contributed by atoms with E-state index in [0.717, 1.165) is 0 Å². The third-order valence-electron chi connectivity index (χ3n) is 3.04. The lowest BCUT2D eigenvalue weighted by atomic mass is 10.1. The van der Waals surface area contributed by atoms with Crippen LogP contribution in [-0.4, -0.2) is 18.7 Å². The quantitative estimate of drug-likeness (QED) is 0.919. The predicted molar refractivity (Wildman–Crippen MR) is 79.3 cm³/mol. The topological polar surface area (TPSA) is 50.7 Å². The molecule has 20 heavy (non-hydrogen) atoms. The lowest BCUT2D eigenvalue weighted by Crippen LogP contribution is -2.14. The summed E-state index contributed by atoms with van der Waals surface area (Å²) in [5, 5.41) is 3.23. The molecule has 0 bridgehead atoms. The molecule has 1 aliphatic rings. The average molecular weight is 287 g/mol. The Bertz CT molecular complexity index is 726. The zero-order chi connectivity index (χ0) is 14.1. The predicted octanol–water partition coefficient (Wildman–Crippen LogP) is 3.42. The first-order chi connectivity index (χ1) is 9.70. The highest BCUT2D eigenvalue weighted by molar-refractivity contribution is 6.55. The second-order valence-electron chi connectivity index (χ2n) is 4.25. The maximum absolute atomic E-state index is 12.0. The van der Waals surface area contributed by atoms with Crippen molar-refractivity contribution in [3.63, 3.8) is 0 Å². The number of benzene rings is 2. The molecule has 100 valence electrons. The number of fused-ring (bicyclic) bond motifs is 1. The monoisotopic (exact) mass is 286 g/mol. The summed E-state index contributed by atoms with van der Waals surface area (Å²) < 4.78 is 5.24. The van der Waals surface area contributed by atoms with Gasteiger partial charge in [-0.25, -0.2) is 4.99 Å². The Labute approximate surface area is 121 Å². The van der Waals surface area contributed by atoms with Gasteiger partial charge in [-0.05, 0) is 18.2 Å². The van der Waals surface area contributed by atoms with E-state index in [4.69, 9.17) is 16.3 Å². The molecule has 0 aliphatic carbocycles. The van der Waals surface area contributed by atoms with Crippen LogP contribution in [0.15, 0.2) is 47.5 Å². The normalized spacial score (nSPS) is 15.1. The SMILES string of the molecule is COc1ccccc1N=C1C(=O)Nc2c(Cl)cccc21. The largest absolute Gasteiger partial charge is 0.494 e. The molecule has 0 saturated heterocycles. The summed E-state index contributed by atoms with van der Waals surface area (Å²) in [5.74, 6) is 0.349. The molecule has 1 heterocycles. The number of anilines is 1. The van der Waals surface area contributed by atoms with Crippen LogP contribution in [0.3, 0.4) is 0 Å². The maximum atomic E-state index is 12.0. The molecule has 0 radical (unpaired) electrons. The first kappa shape index (κ1) is 12.7. The van der Waals surface area contributed by atoms with Crippen molar-refractivity contribution >= 4 is 34.6 Å². The summed E-state index contributed by atoms with van der Waals surface area (Å²) in [5.41, 5.74) is 2.25. The standard InChI is InChI=1S/C15H11ClN2O2/c1-20-12-8-3-2-7-11(12)17-14-9-5-4-6-10(16)13(9)18-15(14)19/h2-8H,1H3,(H,17,18,19). The zero-order valence-electron chi connectivity index (χ0n) is 10.7. The molecule has 5 heteroatoms. The number of carbonyl (C=O) groups excluding carboxylic acids is 1. The van der Waals surface area contributed by atoms with Gasteiger partial charge in [0.1, 0.15) is 17.1 Å². The molecular weight excluding hydrogens is 276 g/mol. The molecule has 0 saturated carbocycles. The molecule has 0 atom stereocenters. The van der Waals surface area contributed by atoms with Crippen LogP contribution in [0.2, 0.25) is 5.02 Å². The van der Waals surface area contributed by atoms with E-state index in [2.05, 4.69) is 10.3 Å². The fourth-order valence-electron chi connectivity index (χ4n) is 2.10. The summed E-state index contributed by atoms with van der Waals surface area (Å²) in [6.07, 6.45) is 0. The van der Waals surface area contributed by atoms with Gasteiger partial charge in [-0.3, -0.25) is 4.79 Å². The summed E-state index contributed by atoms with van der Waals surface area (Å²) in [4.78, 5) is 16.5. The molecule has 0 aromatic heterocycles. The number of amides is 1. The molecule has 1 N–H and O–H groups in total. The van der Waals surface area contributed by atoms with Crippen LogP contribution in [0.1, 0.15) is 5.56 Å². The van der Waals surface area contributed by atoms with Gasteiger partial charge >= 0.3 is 0 Å². The van der Waals surface area contributed by atoms with E-state index in [0.29, 0.717) is 33.4 Å². The van der Waals surface area contributed by atoms with Gasteiger partial charge in [-0.2, -0.15) is 0 Å². The Kier molecular flexibility index (Phi) is 3.16. The molecular formula is C15H11ClN2O2. The number of hydrogen-bond donors (Lipinski definition) is 1. The molecule has 1 aliphatic heterocycles. The van der Waals surface area contributed by atoms with Crippen molar-refractivity contribution in [2.24, 2.45) is 4.99 Å². The van der Waals surface area contributed by atoms with Gasteiger partial charge in [0.15, 0.2) is 0 Å². The number of halogens is 1. The molecule has 2 aromatic carbocycles. The van der Waals surface area contributed by atoms with E-state index in [1.54, 1.807) is 31.4 Å². The van der Waals surface area contributed by atoms with Crippen molar-refractivity contribution in [2.75, 3.05) is 12.4 Å². The molecule has 0 unspecified atom stereocenters. The second-order valence-corrected chi connectivity index (χ2v) is 4.66. The minimum absolute atomic E-state index is 0.265. The summed E-state index contributed by atoms with van der Waals surface area (Å²) in [6, 6.07) is 12.6. The van der Waals surface area contributed by atoms with Gasteiger partial charge in [0.25, 0.3) is 5.91 Å². The molecule has 1 amide bonds. The molecule has 0 spiro atoms. The highest BCUT2D eigenvalue weighted by atomic mass is 35.5. The van der Waals surface area contributed by atoms with Crippen LogP contribution in [0.4, 0.5) is 11.4 Å². The molecule has 4 nitrogen and oxygen atoms in total. The Hall–Kier alpha value is -2.33. The zero-order valence-corrected chi connectivity index (χ0v) is 11.4. The second kappa shape index (κ2) is 4.98. The number of nitrogens with zero attached hydrogens (tertiary/aromatic N) is 1. The van der Waals surface area contributed by atoms with Gasteiger partial charge < -0.3 is 10.1 Å². The van der Waals surface area contributed by atoms with Crippen molar-refractivity contribution in [3.05, 3.63) is 53.1 Å². The van der Waals surface area contributed by atoms with E-state index in [1.165, 1.54) is 0 Å². The Morgan fingerprint density at radius 2 is 1.95 bits per heavy atom. The van der Waals surface area contributed by atoms with E-state index < -0.39 is 0 Å². The van der Waals surface area contributed by atoms with Crippen LogP contribution in [0.25, 0.3) is 0 Å². The fourth-order valence-corrected chi connectivity index (χ4v) is 2.32. The van der Waals surface area contributed by atoms with Crippen molar-refractivity contribution in [3.8, 4) is 5.75 Å². The van der Waals surface area contributed by atoms with Crippen LogP contribution < -0.4 is 10.1 Å². The number of aliphatic imine (C=N–C) groups is 1. The van der Waals surface area contributed by atoms with Crippen molar-refractivity contribution in [2.45, 2.75) is 0 Å². The van der Waals surface area contributed by atoms with Gasteiger partial charge in [-0.1, -0.05) is 35.9 Å². The lowest BCUT2D eigenvalue weighted by molar-refractivity contribution is -0.110. The number of carbonyl (C=O) groups is 1. The number of methoxy groups -OCH3 is 1. The summed E-state index contributed by atoms with van der Waals surface area (Å²) >= 11 is 6.07. The summed E-state index contributed by atoms with van der Waals surface area (Å²) in [6.45, 7) is 0. The average Bonchev–Trinajstić information content (AvgIpc) is 2.78. The fraction of sp³-hybridized carbons (Fsp3) is 0.0667. The maximum Gasteiger partial charge on any atom is 0.275 e. The highest BCUT2D eigenvalue weighted by Gasteiger charge is 2.27. The number of hydrogen-bond acceptors (Lipinski definition) is 3. The van der Waals surface area contributed by atoms with Crippen molar-refractivity contribution < 1.29 is 9.53 Å². The smallest absolute Gasteiger partial charge is 0.275 e. The number of ether oxygens (including phenoxy) is 1. The molecule has 2 aromatic rings. The van der Waals surface area contributed by atoms with Gasteiger partial charge in [-0.15, -0.1) is 0 Å². The molecule has 3 rings (SSSR count). The third kappa shape index (κ3) is 2.04. The van der Waals surface area contributed by atoms with Crippen LogP contribution >= 0.6 is 11.6 Å². The van der Waals surface area contributed by atoms with Gasteiger partial charge in [0, 0.05) is 5.56 Å². The van der Waals surface area contributed by atoms with Crippen LogP contribution in [-0.2, 0) is 4.79 Å². The lowest BCUT2D eigenvalue weighted by Gasteiger charge is -2.04. The van der Waals surface area contributed by atoms with E-state index >= 15 is 0 Å². The highest BCUT2D eigenvalue weighted by Crippen LogP contribution is 2.34. The van der Waals surface area contributed by atoms with Crippen LogP contribution in [0.5, 0.6) is 5.75 Å². The van der Waals surface area contributed by atoms with Gasteiger partial charge in [0.05, 0.1) is 17.8 Å². The van der Waals surface area contributed by atoms with Crippen molar-refractivity contribution in [1.82, 2.24) is 0 Å². The third-order valence-corrected chi connectivity index (χ3v) is 3.35. The first-order valence-corrected chi connectivity index (χ1v) is 6.40. The van der Waals surface area contributed by atoms with E-state index in [-0.39, 0.29) is 5.91 Å². The molecule has 0 fully saturated rings. The first-order valence-electron chi connectivity index (χ1n) is 6.02. The summed E-state index contributed by atoms with van der Waals surface area (Å²) in [7, 11) is 1.57. The number of para-hydroxylation sites is 3. The number of nitrogens with one attached hydrogen (secondary N) is 1. The Balaban J connectivity index is 2.14. The van der Waals surface area contributed by atoms with Crippen molar-refractivity contribution in [1.29, 1.82) is 0 Å². The van der Waals surface area contributed by atoms with Gasteiger partial charge in [0.2, 0.25) is 0 Å². The minimum Gasteiger partial charge on any atom is -0.494 e. The Morgan fingerprint density at radius 3 is 2.75 bits per heavy atom. The minimum atomic E-state index is -0.265. The number of rotatable bonds is 2. The van der Waals surface area contributed by atoms with E-state index in [9.17, 15) is 4.79 Å². The van der Waals surface area contributed by atoms with Crippen LogP contribution in [0, 0.1) is 0 Å².